The molecule has 0 aromatic carbocycles. The van der Waals surface area contributed by atoms with Crippen molar-refractivity contribution in [2.24, 2.45) is 23.7 Å². The number of amides is 1. The molecule has 0 bridgehead atoms. The van der Waals surface area contributed by atoms with Gasteiger partial charge in [0.25, 0.3) is 0 Å². The highest BCUT2D eigenvalue weighted by Gasteiger charge is 2.35. The van der Waals surface area contributed by atoms with Crippen molar-refractivity contribution in [2.45, 2.75) is 58.9 Å². The Bertz CT molecular complexity index is 257. The summed E-state index contributed by atoms with van der Waals surface area (Å²) in [6.07, 6.45) is 6.02. The standard InChI is InChI=1S/C14H25NO/c1-9(2)12-7-4-10(3)8-13(12)15-14(16)11-5-6-11/h9-13H,4-8H2,1-3H3,(H,15,16). The monoisotopic (exact) mass is 223 g/mol. The zero-order chi connectivity index (χ0) is 11.7. The van der Waals surface area contributed by atoms with E-state index in [9.17, 15) is 4.79 Å². The molecule has 1 N–H and O–H groups in total. The summed E-state index contributed by atoms with van der Waals surface area (Å²) in [6, 6.07) is 0.442. The molecule has 0 heterocycles. The molecule has 2 nitrogen and oxygen atoms in total. The molecule has 2 rings (SSSR count). The highest BCUT2D eigenvalue weighted by molar-refractivity contribution is 5.81. The van der Waals surface area contributed by atoms with Crippen LogP contribution >= 0.6 is 0 Å². The van der Waals surface area contributed by atoms with Crippen LogP contribution in [0, 0.1) is 23.7 Å². The topological polar surface area (TPSA) is 29.1 Å². The number of nitrogens with one attached hydrogen (secondary N) is 1. The first-order chi connectivity index (χ1) is 7.58. The third-order valence-corrected chi connectivity index (χ3v) is 4.30. The van der Waals surface area contributed by atoms with Crippen molar-refractivity contribution in [2.75, 3.05) is 0 Å². The summed E-state index contributed by atoms with van der Waals surface area (Å²) < 4.78 is 0. The number of hydrogen-bond donors (Lipinski definition) is 1. The lowest BCUT2D eigenvalue weighted by Crippen LogP contribution is -2.46. The predicted octanol–water partition coefficient (Wildman–Crippen LogP) is 2.97. The van der Waals surface area contributed by atoms with E-state index in [0.717, 1.165) is 18.8 Å². The van der Waals surface area contributed by atoms with E-state index in [-0.39, 0.29) is 0 Å². The third-order valence-electron chi connectivity index (χ3n) is 4.30. The van der Waals surface area contributed by atoms with Gasteiger partial charge < -0.3 is 5.32 Å². The SMILES string of the molecule is CC1CCC(C(C)C)C(NC(=O)C2CC2)C1. The Morgan fingerprint density at radius 1 is 1.19 bits per heavy atom. The Hall–Kier alpha value is -0.530. The van der Waals surface area contributed by atoms with Crippen molar-refractivity contribution in [1.29, 1.82) is 0 Å². The first kappa shape index (κ1) is 11.9. The molecule has 2 heteroatoms. The quantitative estimate of drug-likeness (QED) is 0.783. The molecule has 16 heavy (non-hydrogen) atoms. The second-order valence-electron chi connectivity index (χ2n) is 6.22. The van der Waals surface area contributed by atoms with Crippen LogP contribution in [0.4, 0.5) is 0 Å². The van der Waals surface area contributed by atoms with Gasteiger partial charge in [-0.15, -0.1) is 0 Å². The molecule has 0 radical (unpaired) electrons. The highest BCUT2D eigenvalue weighted by atomic mass is 16.2. The molecule has 3 unspecified atom stereocenters. The first-order valence-electron chi connectivity index (χ1n) is 6.88. The van der Waals surface area contributed by atoms with Crippen LogP contribution in [0.1, 0.15) is 52.9 Å². The molecule has 0 spiro atoms. The van der Waals surface area contributed by atoms with Gasteiger partial charge in [0.2, 0.25) is 5.91 Å². The van der Waals surface area contributed by atoms with E-state index in [1.54, 1.807) is 0 Å². The fourth-order valence-electron chi connectivity index (χ4n) is 3.01. The molecule has 2 fully saturated rings. The highest BCUT2D eigenvalue weighted by Crippen LogP contribution is 2.35. The van der Waals surface area contributed by atoms with E-state index in [0.29, 0.717) is 29.7 Å². The minimum Gasteiger partial charge on any atom is -0.353 e. The van der Waals surface area contributed by atoms with Gasteiger partial charge in [-0.25, -0.2) is 0 Å². The normalized spacial score (nSPS) is 35.1. The van der Waals surface area contributed by atoms with Crippen molar-refractivity contribution >= 4 is 5.91 Å². The summed E-state index contributed by atoms with van der Waals surface area (Å²) in [4.78, 5) is 11.8. The Labute approximate surface area is 99.2 Å². The zero-order valence-electron chi connectivity index (χ0n) is 10.8. The van der Waals surface area contributed by atoms with Crippen LogP contribution in [-0.4, -0.2) is 11.9 Å². The van der Waals surface area contributed by atoms with Gasteiger partial charge in [-0.1, -0.05) is 27.2 Å². The molecule has 2 saturated carbocycles. The number of hydrogen-bond acceptors (Lipinski definition) is 1. The van der Waals surface area contributed by atoms with Gasteiger partial charge in [0.05, 0.1) is 0 Å². The van der Waals surface area contributed by atoms with Crippen LogP contribution in [0.15, 0.2) is 0 Å². The van der Waals surface area contributed by atoms with E-state index in [1.807, 2.05) is 0 Å². The average Bonchev–Trinajstić information content (AvgIpc) is 2.99. The maximum atomic E-state index is 11.8. The van der Waals surface area contributed by atoms with E-state index >= 15 is 0 Å². The van der Waals surface area contributed by atoms with Crippen LogP contribution in [0.3, 0.4) is 0 Å². The van der Waals surface area contributed by atoms with Crippen molar-refractivity contribution in [3.05, 3.63) is 0 Å². The van der Waals surface area contributed by atoms with E-state index in [1.165, 1.54) is 19.3 Å². The van der Waals surface area contributed by atoms with E-state index in [4.69, 9.17) is 0 Å². The molecule has 3 atom stereocenters. The molecule has 92 valence electrons. The molecule has 2 aliphatic rings. The van der Waals surface area contributed by atoms with Crippen molar-refractivity contribution in [1.82, 2.24) is 5.32 Å². The molecular weight excluding hydrogens is 198 g/mol. The Kier molecular flexibility index (Phi) is 3.56. The van der Waals surface area contributed by atoms with Crippen LogP contribution < -0.4 is 5.32 Å². The summed E-state index contributed by atoms with van der Waals surface area (Å²) in [5, 5.41) is 3.30. The lowest BCUT2D eigenvalue weighted by Gasteiger charge is -2.37. The summed E-state index contributed by atoms with van der Waals surface area (Å²) in [5.74, 6) is 2.84. The molecule has 0 aliphatic heterocycles. The van der Waals surface area contributed by atoms with Crippen LogP contribution in [0.2, 0.25) is 0 Å². The van der Waals surface area contributed by atoms with Crippen molar-refractivity contribution in [3.63, 3.8) is 0 Å². The first-order valence-corrected chi connectivity index (χ1v) is 6.88. The zero-order valence-corrected chi connectivity index (χ0v) is 10.8. The minimum atomic E-state index is 0.324. The van der Waals surface area contributed by atoms with Crippen LogP contribution in [-0.2, 0) is 4.79 Å². The van der Waals surface area contributed by atoms with Crippen LogP contribution in [0.5, 0.6) is 0 Å². The van der Waals surface area contributed by atoms with Gasteiger partial charge in [-0.3, -0.25) is 4.79 Å². The molecule has 1 amide bonds. The Balaban J connectivity index is 1.93. The average molecular weight is 223 g/mol. The molecular formula is C14H25NO. The maximum absolute atomic E-state index is 11.8. The summed E-state index contributed by atoms with van der Waals surface area (Å²) >= 11 is 0. The maximum Gasteiger partial charge on any atom is 0.223 e. The van der Waals surface area contributed by atoms with Gasteiger partial charge in [-0.2, -0.15) is 0 Å². The third kappa shape index (κ3) is 2.78. The summed E-state index contributed by atoms with van der Waals surface area (Å²) in [5.41, 5.74) is 0. The van der Waals surface area contributed by atoms with Gasteiger partial charge >= 0.3 is 0 Å². The number of carbonyl (C=O) groups excluding carboxylic acids is 1. The second-order valence-corrected chi connectivity index (χ2v) is 6.22. The minimum absolute atomic E-state index is 0.324. The fourth-order valence-corrected chi connectivity index (χ4v) is 3.01. The van der Waals surface area contributed by atoms with E-state index < -0.39 is 0 Å². The van der Waals surface area contributed by atoms with Gasteiger partial charge in [0, 0.05) is 12.0 Å². The van der Waals surface area contributed by atoms with Gasteiger partial charge in [-0.05, 0) is 43.4 Å². The van der Waals surface area contributed by atoms with E-state index in [2.05, 4.69) is 26.1 Å². The van der Waals surface area contributed by atoms with Crippen molar-refractivity contribution < 1.29 is 4.79 Å². The lowest BCUT2D eigenvalue weighted by molar-refractivity contribution is -0.123. The Morgan fingerprint density at radius 2 is 1.88 bits per heavy atom. The van der Waals surface area contributed by atoms with Crippen molar-refractivity contribution in [3.8, 4) is 0 Å². The van der Waals surface area contributed by atoms with Crippen LogP contribution in [0.25, 0.3) is 0 Å². The summed E-state index contributed by atoms with van der Waals surface area (Å²) in [7, 11) is 0. The lowest BCUT2D eigenvalue weighted by atomic mass is 9.74. The van der Waals surface area contributed by atoms with Gasteiger partial charge in [0.1, 0.15) is 0 Å². The molecule has 0 aromatic rings. The predicted molar refractivity (Wildman–Crippen MR) is 66.0 cm³/mol. The summed E-state index contributed by atoms with van der Waals surface area (Å²) in [6.45, 7) is 6.89. The number of carbonyl (C=O) groups is 1. The Morgan fingerprint density at radius 3 is 2.44 bits per heavy atom. The number of rotatable bonds is 3. The second kappa shape index (κ2) is 4.77. The fraction of sp³-hybridized carbons (Fsp3) is 0.929. The molecule has 0 saturated heterocycles. The molecule has 0 aromatic heterocycles. The smallest absolute Gasteiger partial charge is 0.223 e. The largest absolute Gasteiger partial charge is 0.353 e. The van der Waals surface area contributed by atoms with Gasteiger partial charge in [0.15, 0.2) is 0 Å². The molecule has 2 aliphatic carbocycles.